The van der Waals surface area contributed by atoms with E-state index in [1.54, 1.807) is 0 Å². The number of nitriles is 1. The molecule has 0 unspecified atom stereocenters. The molecule has 0 amide bonds. The first-order valence-electron chi connectivity index (χ1n) is 7.05. The molecule has 2 aromatic carbocycles. The number of hydrogen-bond donors (Lipinski definition) is 0. The maximum Gasteiger partial charge on any atom is 0.325 e. The SMILES string of the molecule is COC(=O)CN(Cc1ccccc1CC#N)c1ccccc1. The zero-order chi connectivity index (χ0) is 15.8. The molecule has 0 atom stereocenters. The van der Waals surface area contributed by atoms with Gasteiger partial charge in [0.25, 0.3) is 0 Å². The first-order chi connectivity index (χ1) is 10.7. The fourth-order valence-electron chi connectivity index (χ4n) is 2.27. The molecule has 0 aromatic heterocycles. The maximum absolute atomic E-state index is 11.7. The van der Waals surface area contributed by atoms with Crippen molar-refractivity contribution in [3.8, 4) is 6.07 Å². The van der Waals surface area contributed by atoms with Crippen molar-refractivity contribution in [3.05, 3.63) is 65.7 Å². The number of methoxy groups -OCH3 is 1. The molecule has 0 saturated heterocycles. The van der Waals surface area contributed by atoms with E-state index in [2.05, 4.69) is 6.07 Å². The van der Waals surface area contributed by atoms with Gasteiger partial charge in [-0.05, 0) is 23.3 Å². The zero-order valence-electron chi connectivity index (χ0n) is 12.5. The van der Waals surface area contributed by atoms with Gasteiger partial charge in [-0.3, -0.25) is 4.79 Å². The molecule has 0 saturated carbocycles. The molecule has 22 heavy (non-hydrogen) atoms. The smallest absolute Gasteiger partial charge is 0.325 e. The molecule has 0 N–H and O–H groups in total. The molecular weight excluding hydrogens is 276 g/mol. The van der Waals surface area contributed by atoms with Crippen molar-refractivity contribution in [2.75, 3.05) is 18.6 Å². The van der Waals surface area contributed by atoms with E-state index in [4.69, 9.17) is 10.00 Å². The first-order valence-corrected chi connectivity index (χ1v) is 7.05. The highest BCUT2D eigenvalue weighted by Gasteiger charge is 2.14. The molecule has 0 aliphatic carbocycles. The van der Waals surface area contributed by atoms with Crippen molar-refractivity contribution in [1.29, 1.82) is 5.26 Å². The summed E-state index contributed by atoms with van der Waals surface area (Å²) in [5.41, 5.74) is 2.97. The summed E-state index contributed by atoms with van der Waals surface area (Å²) in [4.78, 5) is 13.6. The molecule has 0 radical (unpaired) electrons. The van der Waals surface area contributed by atoms with E-state index in [0.717, 1.165) is 16.8 Å². The van der Waals surface area contributed by atoms with E-state index >= 15 is 0 Å². The summed E-state index contributed by atoms with van der Waals surface area (Å²) in [7, 11) is 1.38. The Kier molecular flexibility index (Phi) is 5.56. The van der Waals surface area contributed by atoms with Crippen LogP contribution in [-0.2, 0) is 22.5 Å². The van der Waals surface area contributed by atoms with Crippen LogP contribution in [0.25, 0.3) is 0 Å². The predicted molar refractivity (Wildman–Crippen MR) is 85.3 cm³/mol. The minimum absolute atomic E-state index is 0.168. The molecule has 0 bridgehead atoms. The minimum atomic E-state index is -0.290. The predicted octanol–water partition coefficient (Wildman–Crippen LogP) is 2.93. The van der Waals surface area contributed by atoms with Gasteiger partial charge in [-0.15, -0.1) is 0 Å². The van der Waals surface area contributed by atoms with Crippen molar-refractivity contribution >= 4 is 11.7 Å². The normalized spacial score (nSPS) is 9.82. The number of esters is 1. The third-order valence-electron chi connectivity index (χ3n) is 3.42. The quantitative estimate of drug-likeness (QED) is 0.769. The highest BCUT2D eigenvalue weighted by molar-refractivity contribution is 5.75. The van der Waals surface area contributed by atoms with Gasteiger partial charge in [0.15, 0.2) is 0 Å². The summed E-state index contributed by atoms with van der Waals surface area (Å²) < 4.78 is 4.78. The number of nitrogens with zero attached hydrogens (tertiary/aromatic N) is 2. The largest absolute Gasteiger partial charge is 0.468 e. The average molecular weight is 294 g/mol. The van der Waals surface area contributed by atoms with Crippen LogP contribution in [0, 0.1) is 11.3 Å². The van der Waals surface area contributed by atoms with E-state index < -0.39 is 0 Å². The second kappa shape index (κ2) is 7.84. The topological polar surface area (TPSA) is 53.3 Å². The Labute approximate surface area is 130 Å². The number of benzene rings is 2. The van der Waals surface area contributed by atoms with Crippen LogP contribution in [0.2, 0.25) is 0 Å². The molecule has 0 aliphatic heterocycles. The molecule has 112 valence electrons. The van der Waals surface area contributed by atoms with Crippen LogP contribution in [0.4, 0.5) is 5.69 Å². The zero-order valence-corrected chi connectivity index (χ0v) is 12.5. The van der Waals surface area contributed by atoms with Crippen molar-refractivity contribution in [2.24, 2.45) is 0 Å². The van der Waals surface area contributed by atoms with Crippen molar-refractivity contribution < 1.29 is 9.53 Å². The van der Waals surface area contributed by atoms with Crippen LogP contribution < -0.4 is 4.90 Å². The van der Waals surface area contributed by atoms with E-state index in [0.29, 0.717) is 13.0 Å². The molecule has 0 aliphatic rings. The maximum atomic E-state index is 11.7. The molecule has 4 nitrogen and oxygen atoms in total. The van der Waals surface area contributed by atoms with E-state index in [9.17, 15) is 4.79 Å². The second-order valence-corrected chi connectivity index (χ2v) is 4.87. The van der Waals surface area contributed by atoms with Gasteiger partial charge in [0, 0.05) is 12.2 Å². The summed E-state index contributed by atoms with van der Waals surface area (Å²) in [6, 6.07) is 19.7. The van der Waals surface area contributed by atoms with Crippen LogP contribution in [0.1, 0.15) is 11.1 Å². The third kappa shape index (κ3) is 4.10. The summed E-state index contributed by atoms with van der Waals surface area (Å²) in [5, 5.41) is 8.94. The van der Waals surface area contributed by atoms with Crippen molar-refractivity contribution in [2.45, 2.75) is 13.0 Å². The summed E-state index contributed by atoms with van der Waals surface area (Å²) in [6.45, 7) is 0.721. The fraction of sp³-hybridized carbons (Fsp3) is 0.222. The van der Waals surface area contributed by atoms with Crippen LogP contribution in [0.3, 0.4) is 0 Å². The molecular formula is C18H18N2O2. The monoisotopic (exact) mass is 294 g/mol. The fourth-order valence-corrected chi connectivity index (χ4v) is 2.27. The Hall–Kier alpha value is -2.80. The van der Waals surface area contributed by atoms with Crippen LogP contribution >= 0.6 is 0 Å². The Balaban J connectivity index is 2.27. The summed E-state index contributed by atoms with van der Waals surface area (Å²) >= 11 is 0. The number of carbonyl (C=O) groups is 1. The molecule has 0 spiro atoms. The van der Waals surface area contributed by atoms with Gasteiger partial charge in [-0.2, -0.15) is 5.26 Å². The van der Waals surface area contributed by atoms with Gasteiger partial charge in [-0.25, -0.2) is 0 Å². The van der Waals surface area contributed by atoms with E-state index in [-0.39, 0.29) is 12.5 Å². The second-order valence-electron chi connectivity index (χ2n) is 4.87. The number of carbonyl (C=O) groups excluding carboxylic acids is 1. The van der Waals surface area contributed by atoms with Gasteiger partial charge in [0.1, 0.15) is 6.54 Å². The number of anilines is 1. The minimum Gasteiger partial charge on any atom is -0.468 e. The Morgan fingerprint density at radius 2 is 1.73 bits per heavy atom. The molecule has 2 aromatic rings. The lowest BCUT2D eigenvalue weighted by Gasteiger charge is -2.24. The average Bonchev–Trinajstić information content (AvgIpc) is 2.57. The third-order valence-corrected chi connectivity index (χ3v) is 3.42. The highest BCUT2D eigenvalue weighted by atomic mass is 16.5. The Morgan fingerprint density at radius 3 is 2.36 bits per heavy atom. The van der Waals surface area contributed by atoms with Gasteiger partial charge < -0.3 is 9.64 Å². The number of rotatable bonds is 6. The van der Waals surface area contributed by atoms with Crippen LogP contribution in [0.5, 0.6) is 0 Å². The van der Waals surface area contributed by atoms with Crippen molar-refractivity contribution in [1.82, 2.24) is 0 Å². The van der Waals surface area contributed by atoms with Gasteiger partial charge >= 0.3 is 5.97 Å². The van der Waals surface area contributed by atoms with Gasteiger partial charge in [0.2, 0.25) is 0 Å². The standard InChI is InChI=1S/C18H18N2O2/c1-22-18(21)14-20(17-9-3-2-4-10-17)13-16-8-6-5-7-15(16)11-12-19/h2-10H,11,13-14H2,1H3. The van der Waals surface area contributed by atoms with Crippen LogP contribution in [0.15, 0.2) is 54.6 Å². The van der Waals surface area contributed by atoms with Crippen molar-refractivity contribution in [3.63, 3.8) is 0 Å². The van der Waals surface area contributed by atoms with E-state index in [1.807, 2.05) is 59.5 Å². The first kappa shape index (κ1) is 15.6. The lowest BCUT2D eigenvalue weighted by molar-refractivity contribution is -0.138. The number of ether oxygens (including phenoxy) is 1. The molecule has 0 fully saturated rings. The van der Waals surface area contributed by atoms with E-state index in [1.165, 1.54) is 7.11 Å². The summed E-state index contributed by atoms with van der Waals surface area (Å²) in [6.07, 6.45) is 0.358. The van der Waals surface area contributed by atoms with Crippen LogP contribution in [-0.4, -0.2) is 19.6 Å². The number of para-hydroxylation sites is 1. The van der Waals surface area contributed by atoms with Gasteiger partial charge in [0.05, 0.1) is 19.6 Å². The molecule has 0 heterocycles. The summed E-state index contributed by atoms with van der Waals surface area (Å²) in [5.74, 6) is -0.290. The highest BCUT2D eigenvalue weighted by Crippen LogP contribution is 2.19. The molecule has 2 rings (SSSR count). The lowest BCUT2D eigenvalue weighted by atomic mass is 10.0. The van der Waals surface area contributed by atoms with Gasteiger partial charge in [-0.1, -0.05) is 42.5 Å². The lowest BCUT2D eigenvalue weighted by Crippen LogP contribution is -2.30. The molecule has 4 heteroatoms. The Morgan fingerprint density at radius 1 is 1.09 bits per heavy atom. The Bertz CT molecular complexity index is 662. The number of hydrogen-bond acceptors (Lipinski definition) is 4.